The van der Waals surface area contributed by atoms with Crippen LogP contribution in [0, 0.1) is 0 Å². The molecule has 1 saturated heterocycles. The van der Waals surface area contributed by atoms with Crippen molar-refractivity contribution in [2.24, 2.45) is 0 Å². The monoisotopic (exact) mass is 343 g/mol. The minimum absolute atomic E-state index is 0.499. The molecule has 2 rings (SSSR count). The highest BCUT2D eigenvalue weighted by Gasteiger charge is 2.40. The van der Waals surface area contributed by atoms with E-state index in [4.69, 9.17) is 9.47 Å². The van der Waals surface area contributed by atoms with Crippen molar-refractivity contribution < 1.29 is 14.6 Å². The van der Waals surface area contributed by atoms with Crippen molar-refractivity contribution in [1.82, 2.24) is 4.90 Å². The molecule has 1 N–H and O–H groups in total. The van der Waals surface area contributed by atoms with Crippen molar-refractivity contribution in [2.45, 2.75) is 31.9 Å². The van der Waals surface area contributed by atoms with Crippen molar-refractivity contribution in [3.05, 3.63) is 22.2 Å². The van der Waals surface area contributed by atoms with E-state index in [1.54, 1.807) is 14.2 Å². The van der Waals surface area contributed by atoms with Gasteiger partial charge in [-0.3, -0.25) is 4.90 Å². The molecule has 0 amide bonds. The van der Waals surface area contributed by atoms with Gasteiger partial charge in [0.25, 0.3) is 0 Å². The van der Waals surface area contributed by atoms with Crippen LogP contribution < -0.4 is 9.47 Å². The molecule has 0 aromatic heterocycles. The predicted octanol–water partition coefficient (Wildman–Crippen LogP) is 2.81. The van der Waals surface area contributed by atoms with E-state index >= 15 is 0 Å². The number of nitrogens with zero attached hydrogens (tertiary/aromatic N) is 1. The van der Waals surface area contributed by atoms with E-state index in [1.165, 1.54) is 0 Å². The normalized spacial score (nSPS) is 17.6. The van der Waals surface area contributed by atoms with Crippen molar-refractivity contribution in [3.63, 3.8) is 0 Å². The molecule has 5 heteroatoms. The Labute approximate surface area is 128 Å². The first-order chi connectivity index (χ1) is 9.51. The van der Waals surface area contributed by atoms with Gasteiger partial charge in [-0.05, 0) is 34.5 Å². The molecule has 0 bridgehead atoms. The maximum Gasteiger partial charge on any atom is 0.133 e. The van der Waals surface area contributed by atoms with Crippen LogP contribution in [-0.2, 0) is 6.54 Å². The van der Waals surface area contributed by atoms with Crippen LogP contribution in [0.15, 0.2) is 16.6 Å². The summed E-state index contributed by atoms with van der Waals surface area (Å²) in [5.41, 5.74) is 0.577. The number of likely N-dealkylation sites (tertiary alicyclic amines) is 1. The Balaban J connectivity index is 2.07. The molecular formula is C15H22BrNO3. The fourth-order valence-corrected chi connectivity index (χ4v) is 3.29. The number of benzene rings is 1. The van der Waals surface area contributed by atoms with Gasteiger partial charge in [0.1, 0.15) is 11.5 Å². The summed E-state index contributed by atoms with van der Waals surface area (Å²) in [6, 6.07) is 3.91. The Morgan fingerprint density at radius 3 is 2.45 bits per heavy atom. The predicted molar refractivity (Wildman–Crippen MR) is 82.4 cm³/mol. The van der Waals surface area contributed by atoms with Crippen molar-refractivity contribution in [3.8, 4) is 11.5 Å². The van der Waals surface area contributed by atoms with Crippen molar-refractivity contribution in [1.29, 1.82) is 0 Å². The summed E-state index contributed by atoms with van der Waals surface area (Å²) in [6.07, 6.45) is 1.88. The van der Waals surface area contributed by atoms with Crippen LogP contribution in [0.25, 0.3) is 0 Å². The van der Waals surface area contributed by atoms with Crippen LogP contribution in [0.1, 0.15) is 25.3 Å². The molecule has 0 radical (unpaired) electrons. The van der Waals surface area contributed by atoms with Crippen molar-refractivity contribution in [2.75, 3.05) is 27.3 Å². The van der Waals surface area contributed by atoms with Gasteiger partial charge in [0.15, 0.2) is 0 Å². The second-order valence-corrected chi connectivity index (χ2v) is 6.27. The zero-order valence-corrected chi connectivity index (χ0v) is 13.9. The van der Waals surface area contributed by atoms with Crippen LogP contribution in [0.3, 0.4) is 0 Å². The van der Waals surface area contributed by atoms with Gasteiger partial charge >= 0.3 is 0 Å². The van der Waals surface area contributed by atoms with Gasteiger partial charge in [-0.2, -0.15) is 0 Å². The van der Waals surface area contributed by atoms with Gasteiger partial charge in [-0.15, -0.1) is 0 Å². The number of rotatable bonds is 6. The first-order valence-corrected chi connectivity index (χ1v) is 7.66. The maximum atomic E-state index is 10.2. The summed E-state index contributed by atoms with van der Waals surface area (Å²) in [4.78, 5) is 2.22. The number of halogens is 1. The molecule has 0 atom stereocenters. The first kappa shape index (κ1) is 15.6. The highest BCUT2D eigenvalue weighted by atomic mass is 79.9. The number of aliphatic hydroxyl groups is 1. The molecular weight excluding hydrogens is 322 g/mol. The van der Waals surface area contributed by atoms with Gasteiger partial charge in [0.05, 0.1) is 24.3 Å². The van der Waals surface area contributed by atoms with Crippen LogP contribution in [0.5, 0.6) is 11.5 Å². The number of ether oxygens (including phenoxy) is 2. The van der Waals surface area contributed by atoms with Crippen LogP contribution >= 0.6 is 15.9 Å². The lowest BCUT2D eigenvalue weighted by atomic mass is 9.89. The molecule has 1 aromatic carbocycles. The zero-order chi connectivity index (χ0) is 14.8. The lowest BCUT2D eigenvalue weighted by Gasteiger charge is -2.46. The standard InChI is InChI=1S/C15H22BrNO3/c1-4-5-15(18)9-17(10-15)8-11-6-14(20-3)12(16)7-13(11)19-2/h6-7,18H,4-5,8-10H2,1-3H3. The van der Waals surface area contributed by atoms with Gasteiger partial charge in [0.2, 0.25) is 0 Å². The Morgan fingerprint density at radius 1 is 1.25 bits per heavy atom. The number of methoxy groups -OCH3 is 2. The second-order valence-electron chi connectivity index (χ2n) is 5.42. The molecule has 4 nitrogen and oxygen atoms in total. The zero-order valence-electron chi connectivity index (χ0n) is 12.3. The van der Waals surface area contributed by atoms with Gasteiger partial charge < -0.3 is 14.6 Å². The molecule has 0 unspecified atom stereocenters. The minimum Gasteiger partial charge on any atom is -0.496 e. The highest BCUT2D eigenvalue weighted by molar-refractivity contribution is 9.10. The average Bonchev–Trinajstić information content (AvgIpc) is 2.38. The quantitative estimate of drug-likeness (QED) is 0.862. The van der Waals surface area contributed by atoms with Gasteiger partial charge in [0, 0.05) is 25.2 Å². The van der Waals surface area contributed by atoms with Crippen LogP contribution in [0.4, 0.5) is 0 Å². The Bertz CT molecular complexity index is 472. The Hall–Kier alpha value is -0.780. The first-order valence-electron chi connectivity index (χ1n) is 6.86. The van der Waals surface area contributed by atoms with E-state index < -0.39 is 5.60 Å². The van der Waals surface area contributed by atoms with E-state index in [0.29, 0.717) is 0 Å². The van der Waals surface area contributed by atoms with E-state index in [-0.39, 0.29) is 0 Å². The molecule has 1 fully saturated rings. The maximum absolute atomic E-state index is 10.2. The molecule has 1 aromatic rings. The molecule has 1 aliphatic rings. The third kappa shape index (κ3) is 3.27. The summed E-state index contributed by atoms with van der Waals surface area (Å²) >= 11 is 3.46. The summed E-state index contributed by atoms with van der Waals surface area (Å²) < 4.78 is 11.6. The van der Waals surface area contributed by atoms with E-state index in [0.717, 1.165) is 54.0 Å². The van der Waals surface area contributed by atoms with E-state index in [2.05, 4.69) is 27.8 Å². The molecule has 0 spiro atoms. The molecule has 20 heavy (non-hydrogen) atoms. The third-order valence-electron chi connectivity index (χ3n) is 3.70. The molecule has 0 saturated carbocycles. The minimum atomic E-state index is -0.499. The summed E-state index contributed by atoms with van der Waals surface area (Å²) in [6.45, 7) is 4.31. The average molecular weight is 344 g/mol. The lowest BCUT2D eigenvalue weighted by Crippen LogP contribution is -2.60. The Kier molecular flexibility index (Phi) is 4.94. The smallest absolute Gasteiger partial charge is 0.133 e. The van der Waals surface area contributed by atoms with Gasteiger partial charge in [-0.25, -0.2) is 0 Å². The topological polar surface area (TPSA) is 41.9 Å². The molecule has 112 valence electrons. The van der Waals surface area contributed by atoms with E-state index in [1.807, 2.05) is 12.1 Å². The summed E-state index contributed by atoms with van der Waals surface area (Å²) in [5.74, 6) is 1.63. The molecule has 0 aliphatic carbocycles. The summed E-state index contributed by atoms with van der Waals surface area (Å²) in [7, 11) is 3.32. The molecule has 1 aliphatic heterocycles. The third-order valence-corrected chi connectivity index (χ3v) is 4.32. The fourth-order valence-electron chi connectivity index (χ4n) is 2.81. The SMILES string of the molecule is CCCC1(O)CN(Cc2cc(OC)c(Br)cc2OC)C1. The number of hydrogen-bond donors (Lipinski definition) is 1. The van der Waals surface area contributed by atoms with Crippen LogP contribution in [0.2, 0.25) is 0 Å². The Morgan fingerprint density at radius 2 is 1.90 bits per heavy atom. The van der Waals surface area contributed by atoms with E-state index in [9.17, 15) is 5.11 Å². The largest absolute Gasteiger partial charge is 0.496 e. The fraction of sp³-hybridized carbons (Fsp3) is 0.600. The highest BCUT2D eigenvalue weighted by Crippen LogP contribution is 2.35. The molecule has 1 heterocycles. The number of hydrogen-bond acceptors (Lipinski definition) is 4. The summed E-state index contributed by atoms with van der Waals surface area (Å²) in [5, 5.41) is 10.2. The van der Waals surface area contributed by atoms with Gasteiger partial charge in [-0.1, -0.05) is 13.3 Å². The van der Waals surface area contributed by atoms with Crippen molar-refractivity contribution >= 4 is 15.9 Å². The second kappa shape index (κ2) is 6.33. The van der Waals surface area contributed by atoms with Crippen LogP contribution in [-0.4, -0.2) is 42.9 Å². The number of β-amino-alcohol motifs (C(OH)–C–C–N with tert-alkyl or cyclic N) is 1. The lowest BCUT2D eigenvalue weighted by molar-refractivity contribution is -0.106.